The average molecular weight is 226 g/mol. The third-order valence-corrected chi connectivity index (χ3v) is 2.45. The highest BCUT2D eigenvalue weighted by Crippen LogP contribution is 2.32. The molecule has 0 aliphatic carbocycles. The maximum absolute atomic E-state index is 5.95. The van der Waals surface area contributed by atoms with Crippen LogP contribution in [0, 0.1) is 0 Å². The second-order valence-corrected chi connectivity index (χ2v) is 3.30. The zero-order valence-electron chi connectivity index (χ0n) is 8.37. The van der Waals surface area contributed by atoms with E-state index < -0.39 is 0 Å². The second-order valence-electron chi connectivity index (χ2n) is 2.95. The molecule has 0 spiro atoms. The molecule has 1 aromatic carbocycles. The van der Waals surface area contributed by atoms with Gasteiger partial charge in [0, 0.05) is 12.1 Å². The van der Waals surface area contributed by atoms with Crippen LogP contribution >= 0.6 is 11.6 Å². The van der Waals surface area contributed by atoms with Crippen molar-refractivity contribution in [1.29, 1.82) is 0 Å². The number of hydrogen-bond acceptors (Lipinski definition) is 3. The van der Waals surface area contributed by atoms with E-state index in [9.17, 15) is 0 Å². The second kappa shape index (κ2) is 3.90. The van der Waals surface area contributed by atoms with Crippen LogP contribution in [0.25, 0.3) is 10.9 Å². The first kappa shape index (κ1) is 9.98. The van der Waals surface area contributed by atoms with E-state index in [0.717, 1.165) is 10.9 Å². The smallest absolute Gasteiger partial charge is 0.286 e. The number of methoxy groups -OCH3 is 2. The van der Waals surface area contributed by atoms with Gasteiger partial charge in [-0.2, -0.15) is 0 Å². The van der Waals surface area contributed by atoms with Crippen LogP contribution < -0.4 is 14.5 Å². The molecule has 0 atom stereocenters. The average Bonchev–Trinajstić information content (AvgIpc) is 2.28. The van der Waals surface area contributed by atoms with Gasteiger partial charge in [-0.3, -0.25) is 0 Å². The minimum atomic E-state index is 0.435. The molecule has 0 aliphatic rings. The van der Waals surface area contributed by atoms with Crippen molar-refractivity contribution in [3.8, 4) is 11.5 Å². The third-order valence-electron chi connectivity index (χ3n) is 2.14. The number of rotatable bonds is 2. The van der Waals surface area contributed by atoms with E-state index in [2.05, 4.69) is 9.97 Å². The Morgan fingerprint density at radius 1 is 1.20 bits per heavy atom. The molecule has 0 saturated carbocycles. The number of benzene rings is 1. The molecule has 78 valence electrons. The van der Waals surface area contributed by atoms with Crippen molar-refractivity contribution in [2.75, 3.05) is 14.2 Å². The van der Waals surface area contributed by atoms with Crippen LogP contribution in [0.15, 0.2) is 18.5 Å². The Bertz CT molecular complexity index is 502. The molecule has 0 fully saturated rings. The summed E-state index contributed by atoms with van der Waals surface area (Å²) in [5.74, 6) is 1.29. The summed E-state index contributed by atoms with van der Waals surface area (Å²) in [4.78, 5) is 6.94. The number of nitrogens with zero attached hydrogens (tertiary/aromatic N) is 1. The summed E-state index contributed by atoms with van der Waals surface area (Å²) in [6.07, 6.45) is 1.54. The van der Waals surface area contributed by atoms with Gasteiger partial charge in [0.2, 0.25) is 0 Å². The van der Waals surface area contributed by atoms with Crippen LogP contribution in [0.3, 0.4) is 0 Å². The maximum atomic E-state index is 5.95. The molecule has 2 aromatic rings. The molecule has 0 unspecified atom stereocenters. The molecule has 0 amide bonds. The number of nitrogens with one attached hydrogen (secondary N) is 1. The van der Waals surface area contributed by atoms with Gasteiger partial charge >= 0.3 is 0 Å². The zero-order valence-corrected chi connectivity index (χ0v) is 9.13. The fourth-order valence-corrected chi connectivity index (χ4v) is 1.60. The summed E-state index contributed by atoms with van der Waals surface area (Å²) in [5, 5.41) is 1.24. The highest BCUT2D eigenvalue weighted by atomic mass is 35.5. The lowest BCUT2D eigenvalue weighted by Gasteiger charge is -2.06. The van der Waals surface area contributed by atoms with Gasteiger partial charge in [-0.25, -0.2) is 4.98 Å². The number of H-pyrrole nitrogens is 1. The topological polar surface area (TPSA) is 45.5 Å². The number of hydrogen-bond donors (Lipinski definition) is 0. The lowest BCUT2D eigenvalue weighted by Crippen LogP contribution is -2.05. The Kier molecular flexibility index (Phi) is 2.60. The minimum Gasteiger partial charge on any atom is -0.493 e. The molecule has 5 heteroatoms. The van der Waals surface area contributed by atoms with Crippen molar-refractivity contribution in [3.05, 3.63) is 23.6 Å². The Balaban J connectivity index is 2.75. The van der Waals surface area contributed by atoms with E-state index in [-0.39, 0.29) is 0 Å². The lowest BCUT2D eigenvalue weighted by atomic mass is 10.2. The molecule has 2 rings (SSSR count). The summed E-state index contributed by atoms with van der Waals surface area (Å²) in [7, 11) is 3.17. The SMILES string of the molecule is COc1cc2[nH+]cnc(Cl)c2cc1OC. The van der Waals surface area contributed by atoms with E-state index in [1.807, 2.05) is 6.07 Å². The van der Waals surface area contributed by atoms with Crippen molar-refractivity contribution < 1.29 is 14.5 Å². The highest BCUT2D eigenvalue weighted by Gasteiger charge is 2.12. The van der Waals surface area contributed by atoms with Gasteiger partial charge in [0.25, 0.3) is 11.5 Å². The van der Waals surface area contributed by atoms with Crippen LogP contribution in [0.2, 0.25) is 5.15 Å². The van der Waals surface area contributed by atoms with Gasteiger partial charge in [0.05, 0.1) is 19.6 Å². The first-order chi connectivity index (χ1) is 7.26. The van der Waals surface area contributed by atoms with E-state index in [1.165, 1.54) is 6.33 Å². The van der Waals surface area contributed by atoms with Crippen LogP contribution in [0.4, 0.5) is 0 Å². The van der Waals surface area contributed by atoms with Gasteiger partial charge in [0.1, 0.15) is 5.52 Å². The number of aromatic nitrogens is 2. The van der Waals surface area contributed by atoms with Crippen molar-refractivity contribution in [3.63, 3.8) is 0 Å². The molecule has 0 bridgehead atoms. The molecule has 4 nitrogen and oxygen atoms in total. The predicted molar refractivity (Wildman–Crippen MR) is 56.4 cm³/mol. The molecular formula is C10H10ClN2O2+. The van der Waals surface area contributed by atoms with E-state index in [1.54, 1.807) is 20.3 Å². The summed E-state index contributed by atoms with van der Waals surface area (Å²) < 4.78 is 10.3. The van der Waals surface area contributed by atoms with Gasteiger partial charge in [0.15, 0.2) is 11.5 Å². The molecule has 0 radical (unpaired) electrons. The summed E-state index contributed by atoms with van der Waals surface area (Å²) in [6.45, 7) is 0. The molecule has 0 aliphatic heterocycles. The van der Waals surface area contributed by atoms with Crippen molar-refractivity contribution >= 4 is 22.5 Å². The zero-order chi connectivity index (χ0) is 10.8. The monoisotopic (exact) mass is 225 g/mol. The maximum Gasteiger partial charge on any atom is 0.286 e. The van der Waals surface area contributed by atoms with Crippen LogP contribution in [0.1, 0.15) is 0 Å². The number of aromatic amines is 1. The van der Waals surface area contributed by atoms with E-state index in [4.69, 9.17) is 21.1 Å². The summed E-state index contributed by atoms with van der Waals surface area (Å²) in [5.41, 5.74) is 0.854. The molecule has 15 heavy (non-hydrogen) atoms. The van der Waals surface area contributed by atoms with Gasteiger partial charge < -0.3 is 9.47 Å². The molecule has 1 aromatic heterocycles. The number of halogens is 1. The molecular weight excluding hydrogens is 216 g/mol. The minimum absolute atomic E-state index is 0.435. The predicted octanol–water partition coefficient (Wildman–Crippen LogP) is 1.72. The number of fused-ring (bicyclic) bond motifs is 1. The van der Waals surface area contributed by atoms with E-state index >= 15 is 0 Å². The van der Waals surface area contributed by atoms with Crippen LogP contribution in [0.5, 0.6) is 11.5 Å². The van der Waals surface area contributed by atoms with Crippen LogP contribution in [-0.4, -0.2) is 19.2 Å². The quantitative estimate of drug-likeness (QED) is 0.731. The Morgan fingerprint density at radius 2 is 1.87 bits per heavy atom. The first-order valence-corrected chi connectivity index (χ1v) is 4.72. The summed E-state index contributed by atoms with van der Waals surface area (Å²) >= 11 is 5.95. The highest BCUT2D eigenvalue weighted by molar-refractivity contribution is 6.33. The first-order valence-electron chi connectivity index (χ1n) is 4.34. The lowest BCUT2D eigenvalue weighted by molar-refractivity contribution is -0.349. The summed E-state index contributed by atoms with van der Waals surface area (Å²) in [6, 6.07) is 3.61. The largest absolute Gasteiger partial charge is 0.493 e. The third kappa shape index (κ3) is 1.68. The van der Waals surface area contributed by atoms with Crippen molar-refractivity contribution in [1.82, 2.24) is 4.98 Å². The Hall–Kier alpha value is -1.55. The molecule has 0 saturated heterocycles. The Labute approximate surface area is 91.8 Å². The van der Waals surface area contributed by atoms with E-state index in [0.29, 0.717) is 16.7 Å². The fourth-order valence-electron chi connectivity index (χ4n) is 1.40. The van der Waals surface area contributed by atoms with Crippen molar-refractivity contribution in [2.45, 2.75) is 0 Å². The van der Waals surface area contributed by atoms with Gasteiger partial charge in [-0.05, 0) is 16.6 Å². The normalized spacial score (nSPS) is 10.3. The van der Waals surface area contributed by atoms with Crippen molar-refractivity contribution in [2.24, 2.45) is 0 Å². The van der Waals surface area contributed by atoms with Gasteiger partial charge in [-0.1, -0.05) is 0 Å². The fraction of sp³-hybridized carbons (Fsp3) is 0.200. The van der Waals surface area contributed by atoms with Gasteiger partial charge in [-0.15, -0.1) is 0 Å². The van der Waals surface area contributed by atoms with Crippen LogP contribution in [-0.2, 0) is 0 Å². The number of ether oxygens (including phenoxy) is 2. The molecule has 1 N–H and O–H groups in total. The Morgan fingerprint density at radius 3 is 2.53 bits per heavy atom. The molecule has 1 heterocycles. The standard InChI is InChI=1S/C10H9ClN2O2/c1-14-8-3-6-7(4-9(8)15-2)12-5-13-10(6)11/h3-5H,1-2H3/p+1.